The Balaban J connectivity index is 1.58. The molecule has 0 unspecified atom stereocenters. The quantitative estimate of drug-likeness (QED) is 0.226. The Labute approximate surface area is 228 Å². The molecular formula is C29H29ClN4O3S. The first-order valence-corrected chi connectivity index (χ1v) is 13.8. The second-order valence-corrected chi connectivity index (χ2v) is 11.3. The monoisotopic (exact) mass is 548 g/mol. The summed E-state index contributed by atoms with van der Waals surface area (Å²) in [6.07, 6.45) is 1.56. The highest BCUT2D eigenvalue weighted by Gasteiger charge is 2.28. The third-order valence-corrected chi connectivity index (χ3v) is 8.19. The van der Waals surface area contributed by atoms with Gasteiger partial charge in [-0.25, -0.2) is 13.8 Å². The normalized spacial score (nSPS) is 11.6. The maximum absolute atomic E-state index is 13.5. The van der Waals surface area contributed by atoms with Gasteiger partial charge in [-0.3, -0.25) is 9.10 Å². The number of aryl methyl sites for hydroxylation is 3. The van der Waals surface area contributed by atoms with Crippen LogP contribution < -0.4 is 9.73 Å². The Morgan fingerprint density at radius 1 is 0.974 bits per heavy atom. The van der Waals surface area contributed by atoms with Crippen molar-refractivity contribution in [3.63, 3.8) is 0 Å². The summed E-state index contributed by atoms with van der Waals surface area (Å²) >= 11 is 6.18. The molecule has 0 aliphatic carbocycles. The van der Waals surface area contributed by atoms with Crippen LogP contribution in [0.3, 0.4) is 0 Å². The topological polar surface area (TPSA) is 83.8 Å². The Kier molecular flexibility index (Phi) is 8.04. The summed E-state index contributed by atoms with van der Waals surface area (Å²) in [6, 6.07) is 23.1. The molecule has 0 saturated heterocycles. The second-order valence-electron chi connectivity index (χ2n) is 9.05. The lowest BCUT2D eigenvalue weighted by Crippen LogP contribution is -2.40. The Morgan fingerprint density at radius 3 is 2.42 bits per heavy atom. The van der Waals surface area contributed by atoms with Crippen LogP contribution in [0.25, 0.3) is 5.69 Å². The van der Waals surface area contributed by atoms with Gasteiger partial charge >= 0.3 is 0 Å². The van der Waals surface area contributed by atoms with Gasteiger partial charge in [0.1, 0.15) is 6.54 Å². The Hall–Kier alpha value is -3.88. The predicted molar refractivity (Wildman–Crippen MR) is 153 cm³/mol. The third-order valence-electron chi connectivity index (χ3n) is 6.18. The number of anilines is 1. The molecule has 0 aliphatic rings. The van der Waals surface area contributed by atoms with Crippen molar-refractivity contribution < 1.29 is 13.2 Å². The van der Waals surface area contributed by atoms with Crippen molar-refractivity contribution in [2.45, 2.75) is 32.6 Å². The molecule has 1 aromatic heterocycles. The van der Waals surface area contributed by atoms with Gasteiger partial charge in [-0.05, 0) is 81.3 Å². The minimum absolute atomic E-state index is 0.0688. The minimum atomic E-state index is -4.05. The predicted octanol–water partition coefficient (Wildman–Crippen LogP) is 5.71. The van der Waals surface area contributed by atoms with Crippen LogP contribution in [0.1, 0.15) is 28.1 Å². The van der Waals surface area contributed by atoms with Crippen LogP contribution in [-0.4, -0.2) is 31.7 Å². The van der Waals surface area contributed by atoms with E-state index in [2.05, 4.69) is 21.2 Å². The summed E-state index contributed by atoms with van der Waals surface area (Å²) in [5, 5.41) is 4.49. The summed E-state index contributed by atoms with van der Waals surface area (Å²) in [7, 11) is -4.05. The first kappa shape index (κ1) is 27.2. The number of benzene rings is 3. The fourth-order valence-corrected chi connectivity index (χ4v) is 5.96. The summed E-state index contributed by atoms with van der Waals surface area (Å²) < 4.78 is 30.2. The molecule has 0 bridgehead atoms. The van der Waals surface area contributed by atoms with Crippen LogP contribution in [-0.2, 0) is 14.8 Å². The van der Waals surface area contributed by atoms with Crippen molar-refractivity contribution in [3.05, 3.63) is 112 Å². The van der Waals surface area contributed by atoms with Crippen LogP contribution in [0, 0.1) is 27.7 Å². The molecule has 1 N–H and O–H groups in total. The second kappa shape index (κ2) is 11.2. The molecule has 3 aromatic carbocycles. The zero-order chi connectivity index (χ0) is 27.4. The minimum Gasteiger partial charge on any atom is -0.318 e. The van der Waals surface area contributed by atoms with Crippen molar-refractivity contribution in [1.29, 1.82) is 0 Å². The molecular weight excluding hydrogens is 520 g/mol. The van der Waals surface area contributed by atoms with E-state index in [-0.39, 0.29) is 4.90 Å². The van der Waals surface area contributed by atoms with Crippen molar-refractivity contribution >= 4 is 39.4 Å². The fourth-order valence-electron chi connectivity index (χ4n) is 4.29. The van der Waals surface area contributed by atoms with Gasteiger partial charge in [0.05, 0.1) is 16.8 Å². The maximum atomic E-state index is 13.5. The van der Waals surface area contributed by atoms with E-state index >= 15 is 0 Å². The average molecular weight is 549 g/mol. The van der Waals surface area contributed by atoms with Gasteiger partial charge < -0.3 is 4.57 Å². The van der Waals surface area contributed by atoms with Gasteiger partial charge in [0.15, 0.2) is 0 Å². The van der Waals surface area contributed by atoms with Gasteiger partial charge in [-0.1, -0.05) is 48.0 Å². The van der Waals surface area contributed by atoms with Crippen molar-refractivity contribution in [2.24, 2.45) is 5.10 Å². The van der Waals surface area contributed by atoms with Crippen LogP contribution in [0.2, 0.25) is 5.02 Å². The summed E-state index contributed by atoms with van der Waals surface area (Å²) in [5.74, 6) is -0.590. The number of hydrogen-bond donors (Lipinski definition) is 1. The lowest BCUT2D eigenvalue weighted by atomic mass is 10.2. The number of sulfonamides is 1. The molecule has 9 heteroatoms. The van der Waals surface area contributed by atoms with E-state index in [1.165, 1.54) is 18.2 Å². The molecule has 0 fully saturated rings. The number of rotatable bonds is 8. The molecule has 38 heavy (non-hydrogen) atoms. The Morgan fingerprint density at radius 2 is 1.71 bits per heavy atom. The highest BCUT2D eigenvalue weighted by molar-refractivity contribution is 7.92. The molecule has 196 valence electrons. The van der Waals surface area contributed by atoms with E-state index in [0.717, 1.165) is 32.5 Å². The highest BCUT2D eigenvalue weighted by Crippen LogP contribution is 2.29. The summed E-state index contributed by atoms with van der Waals surface area (Å²) in [5.41, 5.74) is 8.49. The number of carbonyl (C=O) groups excluding carboxylic acids is 1. The van der Waals surface area contributed by atoms with Gasteiger partial charge in [-0.15, -0.1) is 0 Å². The molecule has 0 radical (unpaired) electrons. The van der Waals surface area contributed by atoms with Crippen molar-refractivity contribution in [3.8, 4) is 5.69 Å². The number of halogens is 1. The van der Waals surface area contributed by atoms with E-state index < -0.39 is 22.5 Å². The van der Waals surface area contributed by atoms with E-state index in [1.807, 2.05) is 45.0 Å². The number of hydrogen-bond acceptors (Lipinski definition) is 4. The van der Waals surface area contributed by atoms with Crippen LogP contribution in [0.4, 0.5) is 5.69 Å². The smallest absolute Gasteiger partial charge is 0.264 e. The largest absolute Gasteiger partial charge is 0.318 e. The van der Waals surface area contributed by atoms with Crippen LogP contribution in [0.15, 0.2) is 88.9 Å². The number of carbonyl (C=O) groups is 1. The third kappa shape index (κ3) is 5.82. The standard InChI is InChI=1S/C29H29ClN4O3S/c1-20-9-8-10-26(15-20)34-22(3)16-24(23(34)4)18-31-32-29(35)19-33(28-17-25(30)14-13-21(28)2)38(36,37)27-11-6-5-7-12-27/h5-18H,19H2,1-4H3,(H,32,35)/b31-18-. The molecule has 0 saturated carbocycles. The molecule has 7 nitrogen and oxygen atoms in total. The van der Waals surface area contributed by atoms with E-state index in [4.69, 9.17) is 11.6 Å². The van der Waals surface area contributed by atoms with Crippen molar-refractivity contribution in [2.75, 3.05) is 10.8 Å². The summed E-state index contributed by atoms with van der Waals surface area (Å²) in [4.78, 5) is 13.0. The van der Waals surface area contributed by atoms with Gasteiger partial charge in [0, 0.05) is 27.7 Å². The molecule has 1 amide bonds. The van der Waals surface area contributed by atoms with Crippen LogP contribution in [0.5, 0.6) is 0 Å². The lowest BCUT2D eigenvalue weighted by molar-refractivity contribution is -0.119. The number of nitrogens with zero attached hydrogens (tertiary/aromatic N) is 3. The van der Waals surface area contributed by atoms with Gasteiger partial charge in [-0.2, -0.15) is 5.10 Å². The number of hydrazone groups is 1. The fraction of sp³-hybridized carbons (Fsp3) is 0.172. The van der Waals surface area contributed by atoms with Crippen molar-refractivity contribution in [1.82, 2.24) is 9.99 Å². The molecule has 0 aliphatic heterocycles. The first-order chi connectivity index (χ1) is 18.1. The molecule has 4 rings (SSSR count). The van der Waals surface area contributed by atoms with E-state index in [0.29, 0.717) is 16.3 Å². The highest BCUT2D eigenvalue weighted by atomic mass is 35.5. The number of nitrogens with one attached hydrogen (secondary N) is 1. The van der Waals surface area contributed by atoms with Gasteiger partial charge in [0.25, 0.3) is 15.9 Å². The number of amides is 1. The molecule has 0 atom stereocenters. The lowest BCUT2D eigenvalue weighted by Gasteiger charge is -2.25. The zero-order valence-electron chi connectivity index (χ0n) is 21.6. The maximum Gasteiger partial charge on any atom is 0.264 e. The molecule has 4 aromatic rings. The summed E-state index contributed by atoms with van der Waals surface area (Å²) in [6.45, 7) is 7.32. The zero-order valence-corrected chi connectivity index (χ0v) is 23.2. The van der Waals surface area contributed by atoms with Crippen LogP contribution >= 0.6 is 11.6 Å². The molecule has 0 spiro atoms. The molecule has 1 heterocycles. The average Bonchev–Trinajstić information content (AvgIpc) is 3.17. The number of aromatic nitrogens is 1. The van der Waals surface area contributed by atoms with Gasteiger partial charge in [0.2, 0.25) is 0 Å². The first-order valence-electron chi connectivity index (χ1n) is 12.0. The SMILES string of the molecule is Cc1cccc(-n2c(C)cc(/C=N\NC(=O)CN(c3cc(Cl)ccc3C)S(=O)(=O)c3ccccc3)c2C)c1. The van der Waals surface area contributed by atoms with E-state index in [9.17, 15) is 13.2 Å². The Bertz CT molecular complexity index is 1610. The van der Waals surface area contributed by atoms with E-state index in [1.54, 1.807) is 43.5 Å².